The molecule has 0 bridgehead atoms. The van der Waals surface area contributed by atoms with Gasteiger partial charge in [0.25, 0.3) is 0 Å². The van der Waals surface area contributed by atoms with E-state index in [0.717, 1.165) is 16.7 Å². The van der Waals surface area contributed by atoms with Crippen molar-refractivity contribution >= 4 is 17.5 Å². The van der Waals surface area contributed by atoms with Crippen molar-refractivity contribution in [2.24, 2.45) is 0 Å². The van der Waals surface area contributed by atoms with E-state index < -0.39 is 29.9 Å². The van der Waals surface area contributed by atoms with Gasteiger partial charge in [0, 0.05) is 0 Å². The van der Waals surface area contributed by atoms with Crippen molar-refractivity contribution in [1.29, 1.82) is 0 Å². The fraction of sp³-hybridized carbons (Fsp3) is 0.400. The number of hydrogen-bond acceptors (Lipinski definition) is 8. The Morgan fingerprint density at radius 1 is 0.791 bits per heavy atom. The number of carbonyl (C=O) groups excluding carboxylic acids is 1. The maximum atomic E-state index is 12.6. The molecule has 230 valence electrons. The summed E-state index contributed by atoms with van der Waals surface area (Å²) in [6.45, 7) is 8.11. The summed E-state index contributed by atoms with van der Waals surface area (Å²) in [7, 11) is 0. The van der Waals surface area contributed by atoms with Crippen LogP contribution in [0.5, 0.6) is 0 Å². The molecule has 3 aromatic carbocycles. The Hall–Kier alpha value is -2.98. The van der Waals surface area contributed by atoms with E-state index in [9.17, 15) is 9.90 Å². The van der Waals surface area contributed by atoms with Gasteiger partial charge in [-0.1, -0.05) is 91.0 Å². The Morgan fingerprint density at radius 3 is 1.74 bits per heavy atom. The number of carbonyl (C=O) groups is 1. The number of benzene rings is 3. The number of allylic oxidation sites excluding steroid dienone is 2. The molecular weight excluding hydrogens is 564 g/mol. The summed E-state index contributed by atoms with van der Waals surface area (Å²) in [5.74, 6) is -0.303. The Morgan fingerprint density at radius 2 is 1.28 bits per heavy atom. The molecule has 7 nitrogen and oxygen atoms in total. The van der Waals surface area contributed by atoms with Crippen molar-refractivity contribution < 1.29 is 33.6 Å². The first-order valence-corrected chi connectivity index (χ1v) is 15.5. The van der Waals surface area contributed by atoms with Gasteiger partial charge in [-0.15, -0.1) is 11.8 Å². The van der Waals surface area contributed by atoms with Crippen LogP contribution in [-0.2, 0) is 48.3 Å². The zero-order chi connectivity index (χ0) is 30.6. The third-order valence-electron chi connectivity index (χ3n) is 6.86. The van der Waals surface area contributed by atoms with Gasteiger partial charge in [-0.25, -0.2) is 0 Å². The molecule has 3 aromatic rings. The molecule has 0 aliphatic carbocycles. The van der Waals surface area contributed by atoms with E-state index in [0.29, 0.717) is 19.8 Å². The number of aliphatic hydroxyl groups excluding tert-OH is 1. The largest absolute Gasteiger partial charge is 0.511 e. The Bertz CT molecular complexity index is 1280. The van der Waals surface area contributed by atoms with E-state index in [4.69, 9.17) is 23.7 Å². The van der Waals surface area contributed by atoms with Gasteiger partial charge in [0.05, 0.1) is 42.7 Å². The van der Waals surface area contributed by atoms with Crippen molar-refractivity contribution in [1.82, 2.24) is 0 Å². The molecule has 0 radical (unpaired) electrons. The molecule has 1 heterocycles. The minimum atomic E-state index is -0.763. The predicted octanol–water partition coefficient (Wildman–Crippen LogP) is 7.00. The maximum Gasteiger partial charge on any atom is 0.173 e. The normalized spacial score (nSPS) is 22.8. The van der Waals surface area contributed by atoms with E-state index in [1.807, 2.05) is 105 Å². The zero-order valence-corrected chi connectivity index (χ0v) is 26.1. The quantitative estimate of drug-likeness (QED) is 0.146. The summed E-state index contributed by atoms with van der Waals surface area (Å²) in [5, 5.41) is 9.90. The van der Waals surface area contributed by atoms with Crippen LogP contribution < -0.4 is 0 Å². The van der Waals surface area contributed by atoms with Gasteiger partial charge < -0.3 is 28.8 Å². The van der Waals surface area contributed by atoms with E-state index in [1.54, 1.807) is 0 Å². The maximum absolute atomic E-state index is 12.6. The molecular formula is C35H42O7S. The highest BCUT2D eigenvalue weighted by Gasteiger charge is 2.49. The highest BCUT2D eigenvalue weighted by Crippen LogP contribution is 2.40. The lowest BCUT2D eigenvalue weighted by molar-refractivity contribution is -0.281. The average molecular weight is 607 g/mol. The standard InChI is InChI=1S/C35H42O7S/c1-24(2)41-35-34(43-33(25(3)36)26(4)37)32(40-22-29-18-12-7-13-19-29)31(39-21-28-16-10-6-11-17-28)30(42-35)23-38-20-27-14-8-5-9-15-27/h5-19,24,30-32,34-36H,20-23H2,1-4H3/b33-25+/t30-,31-,32+,34-,35?/m1/s1. The fourth-order valence-corrected chi connectivity index (χ4v) is 6.08. The van der Waals surface area contributed by atoms with Crippen molar-refractivity contribution in [3.05, 3.63) is 118 Å². The topological polar surface area (TPSA) is 83.5 Å². The van der Waals surface area contributed by atoms with Gasteiger partial charge in [0.2, 0.25) is 0 Å². The van der Waals surface area contributed by atoms with Gasteiger partial charge in [-0.05, 0) is 44.4 Å². The molecule has 0 spiro atoms. The molecule has 43 heavy (non-hydrogen) atoms. The number of ketones is 1. The first-order valence-electron chi connectivity index (χ1n) is 14.6. The number of hydrogen-bond donors (Lipinski definition) is 1. The zero-order valence-electron chi connectivity index (χ0n) is 25.3. The van der Waals surface area contributed by atoms with Crippen LogP contribution in [0.1, 0.15) is 44.4 Å². The van der Waals surface area contributed by atoms with E-state index >= 15 is 0 Å². The molecule has 1 aliphatic rings. The molecule has 0 saturated carbocycles. The van der Waals surface area contributed by atoms with Gasteiger partial charge in [-0.2, -0.15) is 0 Å². The van der Waals surface area contributed by atoms with Crippen LogP contribution >= 0.6 is 11.8 Å². The van der Waals surface area contributed by atoms with Crippen LogP contribution in [0, 0.1) is 0 Å². The summed E-state index contributed by atoms with van der Waals surface area (Å²) < 4.78 is 32.4. The third kappa shape index (κ3) is 10.0. The van der Waals surface area contributed by atoms with Crippen LogP contribution in [0.15, 0.2) is 102 Å². The second-order valence-electron chi connectivity index (χ2n) is 10.8. The predicted molar refractivity (Wildman–Crippen MR) is 168 cm³/mol. The van der Waals surface area contributed by atoms with Crippen molar-refractivity contribution in [3.63, 3.8) is 0 Å². The molecule has 4 rings (SSSR count). The van der Waals surface area contributed by atoms with Crippen LogP contribution in [0.4, 0.5) is 0 Å². The van der Waals surface area contributed by atoms with Crippen LogP contribution in [0.3, 0.4) is 0 Å². The van der Waals surface area contributed by atoms with Gasteiger partial charge in [0.15, 0.2) is 12.1 Å². The molecule has 5 atom stereocenters. The van der Waals surface area contributed by atoms with Crippen molar-refractivity contribution in [3.8, 4) is 0 Å². The number of aliphatic hydroxyl groups is 1. The molecule has 1 saturated heterocycles. The van der Waals surface area contributed by atoms with Gasteiger partial charge >= 0.3 is 0 Å². The minimum absolute atomic E-state index is 0.0577. The number of ether oxygens (including phenoxy) is 5. The fourth-order valence-electron chi connectivity index (χ4n) is 4.87. The van der Waals surface area contributed by atoms with E-state index in [2.05, 4.69) is 0 Å². The SMILES string of the molecule is CC(=O)/C(S[C@H]1C(OC(C)C)O[C@H](COCc2ccccc2)[C@@H](OCc2ccccc2)[C@@H]1OCc1ccccc1)=C(/C)O. The molecule has 8 heteroatoms. The number of thioether (sulfide) groups is 1. The minimum Gasteiger partial charge on any atom is -0.511 e. The van der Waals surface area contributed by atoms with Gasteiger partial charge in [-0.3, -0.25) is 4.79 Å². The summed E-state index contributed by atoms with van der Waals surface area (Å²) in [6, 6.07) is 29.8. The molecule has 1 unspecified atom stereocenters. The summed E-state index contributed by atoms with van der Waals surface area (Å²) in [4.78, 5) is 12.8. The van der Waals surface area contributed by atoms with Crippen LogP contribution in [-0.4, -0.2) is 53.5 Å². The van der Waals surface area contributed by atoms with Crippen LogP contribution in [0.2, 0.25) is 0 Å². The van der Waals surface area contributed by atoms with Crippen LogP contribution in [0.25, 0.3) is 0 Å². The van der Waals surface area contributed by atoms with Crippen molar-refractivity contribution in [2.75, 3.05) is 6.61 Å². The smallest absolute Gasteiger partial charge is 0.173 e. The monoisotopic (exact) mass is 606 g/mol. The second kappa shape index (κ2) is 16.8. The molecule has 1 fully saturated rings. The third-order valence-corrected chi connectivity index (χ3v) is 8.45. The Kier molecular flexibility index (Phi) is 12.8. The average Bonchev–Trinajstić information content (AvgIpc) is 3.00. The second-order valence-corrected chi connectivity index (χ2v) is 12.0. The highest BCUT2D eigenvalue weighted by molar-refractivity contribution is 8.04. The molecule has 0 aromatic heterocycles. The Labute approximate surface area is 259 Å². The summed E-state index contributed by atoms with van der Waals surface area (Å²) in [5.41, 5.74) is 3.06. The lowest BCUT2D eigenvalue weighted by atomic mass is 10.00. The lowest BCUT2D eigenvalue weighted by Gasteiger charge is -2.46. The molecule has 1 aliphatic heterocycles. The number of Topliss-reactive ketones (excluding diaryl/α,β-unsaturated/α-hetero) is 1. The first kappa shape index (κ1) is 32.9. The highest BCUT2D eigenvalue weighted by atomic mass is 32.2. The van der Waals surface area contributed by atoms with E-state index in [-0.39, 0.29) is 29.2 Å². The molecule has 1 N–H and O–H groups in total. The van der Waals surface area contributed by atoms with Gasteiger partial charge in [0.1, 0.15) is 24.1 Å². The van der Waals surface area contributed by atoms with E-state index in [1.165, 1.54) is 25.6 Å². The summed E-state index contributed by atoms with van der Waals surface area (Å²) in [6.07, 6.45) is -2.62. The first-order chi connectivity index (χ1) is 20.8. The lowest BCUT2D eigenvalue weighted by Crippen LogP contribution is -2.60. The molecule has 0 amide bonds. The number of rotatable bonds is 15. The summed E-state index contributed by atoms with van der Waals surface area (Å²) >= 11 is 1.21. The van der Waals surface area contributed by atoms with Crippen molar-refractivity contribution in [2.45, 2.75) is 83.5 Å². The Balaban J connectivity index is 1.68.